The lowest BCUT2D eigenvalue weighted by molar-refractivity contribution is -0.152. The Morgan fingerprint density at radius 2 is 2.21 bits per heavy atom. The van der Waals surface area contributed by atoms with Crippen LogP contribution in [0.1, 0.15) is 29.3 Å². The second-order valence-corrected chi connectivity index (χ2v) is 6.84. The summed E-state index contributed by atoms with van der Waals surface area (Å²) in [5.41, 5.74) is 0.798. The number of likely N-dealkylation sites (tertiary alicyclic amines) is 1. The van der Waals surface area contributed by atoms with Gasteiger partial charge in [-0.3, -0.25) is 9.59 Å². The molecule has 0 aliphatic carbocycles. The summed E-state index contributed by atoms with van der Waals surface area (Å²) in [6.45, 7) is 0.433. The first kappa shape index (κ1) is 16.5. The zero-order valence-corrected chi connectivity index (χ0v) is 14.2. The summed E-state index contributed by atoms with van der Waals surface area (Å²) in [6.07, 6.45) is 0.625. The van der Waals surface area contributed by atoms with Gasteiger partial charge in [0.2, 0.25) is 5.91 Å². The SMILES string of the molecule is COc1cccc([C@H]2[C@H](C(=O)O)CCC(=O)N2Cc2cccs2)c1. The van der Waals surface area contributed by atoms with Gasteiger partial charge in [0.05, 0.1) is 25.6 Å². The molecule has 6 heteroatoms. The highest BCUT2D eigenvalue weighted by Crippen LogP contribution is 2.39. The van der Waals surface area contributed by atoms with E-state index in [0.717, 1.165) is 10.4 Å². The first-order chi connectivity index (χ1) is 11.6. The highest BCUT2D eigenvalue weighted by Gasteiger charge is 2.40. The molecule has 1 amide bonds. The molecule has 0 bridgehead atoms. The Hall–Kier alpha value is -2.34. The number of methoxy groups -OCH3 is 1. The number of benzene rings is 1. The average molecular weight is 345 g/mol. The summed E-state index contributed by atoms with van der Waals surface area (Å²) >= 11 is 1.57. The molecule has 1 N–H and O–H groups in total. The molecule has 3 rings (SSSR count). The normalized spacial score (nSPS) is 20.9. The fourth-order valence-electron chi connectivity index (χ4n) is 3.21. The van der Waals surface area contributed by atoms with Gasteiger partial charge in [-0.1, -0.05) is 18.2 Å². The Kier molecular flexibility index (Phi) is 4.85. The van der Waals surface area contributed by atoms with E-state index in [2.05, 4.69) is 0 Å². The van der Waals surface area contributed by atoms with Gasteiger partial charge in [-0.15, -0.1) is 11.3 Å². The van der Waals surface area contributed by atoms with Gasteiger partial charge in [-0.25, -0.2) is 0 Å². The predicted octanol–water partition coefficient (Wildman–Crippen LogP) is 3.32. The van der Waals surface area contributed by atoms with Gasteiger partial charge in [-0.2, -0.15) is 0 Å². The number of nitrogens with zero attached hydrogens (tertiary/aromatic N) is 1. The number of hydrogen-bond donors (Lipinski definition) is 1. The lowest BCUT2D eigenvalue weighted by Gasteiger charge is -2.39. The summed E-state index contributed by atoms with van der Waals surface area (Å²) < 4.78 is 5.26. The predicted molar refractivity (Wildman–Crippen MR) is 91.0 cm³/mol. The van der Waals surface area contributed by atoms with Crippen molar-refractivity contribution in [2.45, 2.75) is 25.4 Å². The van der Waals surface area contributed by atoms with E-state index in [1.54, 1.807) is 23.3 Å². The molecule has 5 nitrogen and oxygen atoms in total. The minimum absolute atomic E-state index is 0.00581. The van der Waals surface area contributed by atoms with E-state index in [-0.39, 0.29) is 12.3 Å². The topological polar surface area (TPSA) is 66.8 Å². The summed E-state index contributed by atoms with van der Waals surface area (Å²) in [6, 6.07) is 10.7. The van der Waals surface area contributed by atoms with Gasteiger partial charge >= 0.3 is 5.97 Å². The van der Waals surface area contributed by atoms with Crippen molar-refractivity contribution in [1.82, 2.24) is 4.90 Å². The van der Waals surface area contributed by atoms with E-state index in [1.165, 1.54) is 0 Å². The smallest absolute Gasteiger partial charge is 0.308 e. The molecular formula is C18H19NO4S. The first-order valence-corrected chi connectivity index (χ1v) is 8.66. The van der Waals surface area contributed by atoms with Crippen molar-refractivity contribution in [2.24, 2.45) is 5.92 Å². The van der Waals surface area contributed by atoms with Crippen LogP contribution in [0, 0.1) is 5.92 Å². The molecule has 0 spiro atoms. The van der Waals surface area contributed by atoms with Gasteiger partial charge in [0.15, 0.2) is 0 Å². The van der Waals surface area contributed by atoms with Crippen LogP contribution in [0.4, 0.5) is 0 Å². The number of piperidine rings is 1. The van der Waals surface area contributed by atoms with Crippen LogP contribution in [-0.2, 0) is 16.1 Å². The number of hydrogen-bond acceptors (Lipinski definition) is 4. The number of carboxylic acid groups (broad SMARTS) is 1. The third-order valence-corrected chi connectivity index (χ3v) is 5.23. The molecule has 2 aromatic rings. The van der Waals surface area contributed by atoms with Crippen LogP contribution in [0.2, 0.25) is 0 Å². The molecule has 2 heterocycles. The molecule has 24 heavy (non-hydrogen) atoms. The minimum atomic E-state index is -0.869. The zero-order valence-electron chi connectivity index (χ0n) is 13.3. The summed E-state index contributed by atoms with van der Waals surface area (Å²) in [7, 11) is 1.57. The van der Waals surface area contributed by atoms with Crippen molar-refractivity contribution in [3.05, 3.63) is 52.2 Å². The fraction of sp³-hybridized carbons (Fsp3) is 0.333. The average Bonchev–Trinajstić information content (AvgIpc) is 3.09. The number of carbonyl (C=O) groups excluding carboxylic acids is 1. The van der Waals surface area contributed by atoms with Crippen LogP contribution in [0.3, 0.4) is 0 Å². The number of aliphatic carboxylic acids is 1. The number of thiophene rings is 1. The number of ether oxygens (including phenoxy) is 1. The van der Waals surface area contributed by atoms with Gasteiger partial charge in [0.1, 0.15) is 5.75 Å². The van der Waals surface area contributed by atoms with Crippen molar-refractivity contribution in [1.29, 1.82) is 0 Å². The van der Waals surface area contributed by atoms with Crippen LogP contribution in [0.25, 0.3) is 0 Å². The Morgan fingerprint density at radius 3 is 2.88 bits per heavy atom. The quantitative estimate of drug-likeness (QED) is 0.903. The molecule has 1 aromatic heterocycles. The molecule has 1 aliphatic heterocycles. The Bertz CT molecular complexity index is 728. The maximum Gasteiger partial charge on any atom is 0.308 e. The number of carboxylic acids is 1. The fourth-order valence-corrected chi connectivity index (χ4v) is 3.91. The lowest BCUT2D eigenvalue weighted by atomic mass is 9.84. The number of rotatable bonds is 5. The molecule has 1 fully saturated rings. The van der Waals surface area contributed by atoms with E-state index >= 15 is 0 Å². The Balaban J connectivity index is 2.00. The van der Waals surface area contributed by atoms with E-state index in [1.807, 2.05) is 41.8 Å². The first-order valence-electron chi connectivity index (χ1n) is 7.78. The van der Waals surface area contributed by atoms with Crippen molar-refractivity contribution >= 4 is 23.2 Å². The minimum Gasteiger partial charge on any atom is -0.497 e. The highest BCUT2D eigenvalue weighted by atomic mass is 32.1. The summed E-state index contributed by atoms with van der Waals surface area (Å²) in [5, 5.41) is 11.6. The van der Waals surface area contributed by atoms with Crippen LogP contribution >= 0.6 is 11.3 Å². The second kappa shape index (κ2) is 7.05. The van der Waals surface area contributed by atoms with E-state index in [0.29, 0.717) is 18.7 Å². The van der Waals surface area contributed by atoms with Crippen molar-refractivity contribution < 1.29 is 19.4 Å². The van der Waals surface area contributed by atoms with Gasteiger partial charge in [0, 0.05) is 11.3 Å². The van der Waals surface area contributed by atoms with Crippen LogP contribution in [0.5, 0.6) is 5.75 Å². The molecule has 0 radical (unpaired) electrons. The molecule has 0 unspecified atom stereocenters. The standard InChI is InChI=1S/C18H19NO4S/c1-23-13-5-2-4-12(10-13)17-15(18(21)22)7-8-16(20)19(17)11-14-6-3-9-24-14/h2-6,9-10,15,17H,7-8,11H2,1H3,(H,21,22)/t15-,17+/m1/s1. The van der Waals surface area contributed by atoms with Crippen molar-refractivity contribution in [2.75, 3.05) is 7.11 Å². The highest BCUT2D eigenvalue weighted by molar-refractivity contribution is 7.09. The molecule has 2 atom stereocenters. The van der Waals surface area contributed by atoms with E-state index in [4.69, 9.17) is 4.74 Å². The van der Waals surface area contributed by atoms with Crippen LogP contribution in [0.15, 0.2) is 41.8 Å². The monoisotopic (exact) mass is 345 g/mol. The largest absolute Gasteiger partial charge is 0.497 e. The third-order valence-electron chi connectivity index (χ3n) is 4.37. The maximum atomic E-state index is 12.5. The van der Waals surface area contributed by atoms with Crippen LogP contribution in [-0.4, -0.2) is 29.0 Å². The maximum absolute atomic E-state index is 12.5. The van der Waals surface area contributed by atoms with Crippen molar-refractivity contribution in [3.63, 3.8) is 0 Å². The summed E-state index contributed by atoms with van der Waals surface area (Å²) in [4.78, 5) is 27.1. The zero-order chi connectivity index (χ0) is 17.1. The van der Waals surface area contributed by atoms with Crippen LogP contribution < -0.4 is 4.74 Å². The molecule has 1 aromatic carbocycles. The van der Waals surface area contributed by atoms with E-state index < -0.39 is 17.9 Å². The summed E-state index contributed by atoms with van der Waals surface area (Å²) in [5.74, 6) is -0.833. The molecule has 126 valence electrons. The van der Waals surface area contributed by atoms with Gasteiger partial charge in [-0.05, 0) is 35.6 Å². The Labute approximate surface area is 144 Å². The number of amides is 1. The third kappa shape index (κ3) is 3.28. The van der Waals surface area contributed by atoms with Gasteiger partial charge < -0.3 is 14.7 Å². The molecule has 1 saturated heterocycles. The number of carbonyl (C=O) groups is 2. The van der Waals surface area contributed by atoms with E-state index in [9.17, 15) is 14.7 Å². The molecule has 1 aliphatic rings. The van der Waals surface area contributed by atoms with Gasteiger partial charge in [0.25, 0.3) is 0 Å². The second-order valence-electron chi connectivity index (χ2n) is 5.81. The molecule has 0 saturated carbocycles. The Morgan fingerprint density at radius 1 is 1.38 bits per heavy atom. The molecular weight excluding hydrogens is 326 g/mol. The lowest BCUT2D eigenvalue weighted by Crippen LogP contribution is -2.44. The van der Waals surface area contributed by atoms with Crippen molar-refractivity contribution in [3.8, 4) is 5.75 Å².